The topological polar surface area (TPSA) is 80.8 Å². The summed E-state index contributed by atoms with van der Waals surface area (Å²) in [5.41, 5.74) is 4.10. The third kappa shape index (κ3) is 3.21. The van der Waals surface area contributed by atoms with Gasteiger partial charge in [-0.15, -0.1) is 11.3 Å². The van der Waals surface area contributed by atoms with Crippen molar-refractivity contribution in [2.75, 3.05) is 23.6 Å². The molecular formula is C21H17N3O4S. The Balaban J connectivity index is 1.33. The normalized spacial score (nSPS) is 14.0. The second kappa shape index (κ2) is 6.89. The van der Waals surface area contributed by atoms with E-state index in [1.165, 1.54) is 11.3 Å². The van der Waals surface area contributed by atoms with E-state index < -0.39 is 0 Å². The van der Waals surface area contributed by atoms with Gasteiger partial charge in [-0.3, -0.25) is 14.9 Å². The summed E-state index contributed by atoms with van der Waals surface area (Å²) in [6.45, 7) is 2.43. The fraction of sp³-hybridized carbons (Fsp3) is 0.190. The van der Waals surface area contributed by atoms with Crippen LogP contribution in [-0.4, -0.2) is 30.1 Å². The van der Waals surface area contributed by atoms with E-state index in [1.54, 1.807) is 17.9 Å². The van der Waals surface area contributed by atoms with Crippen molar-refractivity contribution in [1.29, 1.82) is 0 Å². The molecule has 29 heavy (non-hydrogen) atoms. The summed E-state index contributed by atoms with van der Waals surface area (Å²) >= 11 is 1.36. The summed E-state index contributed by atoms with van der Waals surface area (Å²) < 4.78 is 10.7. The van der Waals surface area contributed by atoms with Gasteiger partial charge in [-0.25, -0.2) is 4.98 Å². The number of benzene rings is 2. The number of hydrogen-bond acceptors (Lipinski definition) is 6. The van der Waals surface area contributed by atoms with Crippen LogP contribution in [0.25, 0.3) is 11.3 Å². The molecule has 5 rings (SSSR count). The molecule has 1 aromatic heterocycles. The highest BCUT2D eigenvalue weighted by atomic mass is 32.1. The van der Waals surface area contributed by atoms with Crippen LogP contribution in [0.15, 0.2) is 41.8 Å². The van der Waals surface area contributed by atoms with Gasteiger partial charge in [0.2, 0.25) is 12.7 Å². The Bertz CT molecular complexity index is 1140. The zero-order chi connectivity index (χ0) is 20.0. The first-order chi connectivity index (χ1) is 14.1. The van der Waals surface area contributed by atoms with Gasteiger partial charge in [0, 0.05) is 35.7 Å². The molecule has 7 nitrogen and oxygen atoms in total. The number of carbonyl (C=O) groups excluding carboxylic acids is 2. The third-order valence-corrected chi connectivity index (χ3v) is 5.77. The molecule has 2 aliphatic heterocycles. The molecule has 2 aromatic carbocycles. The maximum atomic E-state index is 12.7. The summed E-state index contributed by atoms with van der Waals surface area (Å²) in [5, 5.41) is 5.27. The summed E-state index contributed by atoms with van der Waals surface area (Å²) in [4.78, 5) is 30.6. The maximum Gasteiger partial charge on any atom is 0.257 e. The number of ether oxygens (including phenoxy) is 2. The monoisotopic (exact) mass is 407 g/mol. The lowest BCUT2D eigenvalue weighted by atomic mass is 10.1. The predicted octanol–water partition coefficient (Wildman–Crippen LogP) is 3.70. The van der Waals surface area contributed by atoms with Crippen LogP contribution in [0.3, 0.4) is 0 Å². The van der Waals surface area contributed by atoms with Crippen LogP contribution in [0.1, 0.15) is 22.8 Å². The molecule has 0 saturated heterocycles. The highest BCUT2D eigenvalue weighted by molar-refractivity contribution is 7.14. The van der Waals surface area contributed by atoms with Crippen molar-refractivity contribution >= 4 is 34.0 Å². The van der Waals surface area contributed by atoms with Crippen molar-refractivity contribution < 1.29 is 19.1 Å². The first-order valence-electron chi connectivity index (χ1n) is 9.16. The summed E-state index contributed by atoms with van der Waals surface area (Å²) in [6.07, 6.45) is 0.752. The highest BCUT2D eigenvalue weighted by Crippen LogP contribution is 2.36. The molecule has 0 bridgehead atoms. The molecule has 0 radical (unpaired) electrons. The molecule has 3 aromatic rings. The minimum Gasteiger partial charge on any atom is -0.454 e. The Kier molecular flexibility index (Phi) is 4.21. The van der Waals surface area contributed by atoms with Crippen molar-refractivity contribution in [3.05, 3.63) is 52.9 Å². The van der Waals surface area contributed by atoms with Gasteiger partial charge in [-0.2, -0.15) is 0 Å². The van der Waals surface area contributed by atoms with E-state index in [0.29, 0.717) is 23.0 Å². The van der Waals surface area contributed by atoms with Gasteiger partial charge in [0.25, 0.3) is 5.91 Å². The average Bonchev–Trinajstić information content (AvgIpc) is 3.45. The van der Waals surface area contributed by atoms with Gasteiger partial charge >= 0.3 is 0 Å². The van der Waals surface area contributed by atoms with Crippen LogP contribution >= 0.6 is 11.3 Å². The number of nitrogens with zero attached hydrogens (tertiary/aromatic N) is 2. The number of anilines is 2. The molecule has 0 spiro atoms. The van der Waals surface area contributed by atoms with Crippen LogP contribution in [0.2, 0.25) is 0 Å². The molecule has 8 heteroatoms. The molecule has 2 aliphatic rings. The Morgan fingerprint density at radius 1 is 1.14 bits per heavy atom. The maximum absolute atomic E-state index is 12.7. The molecule has 0 fully saturated rings. The van der Waals surface area contributed by atoms with Crippen molar-refractivity contribution in [3.8, 4) is 22.8 Å². The first-order valence-corrected chi connectivity index (χ1v) is 10.0. The summed E-state index contributed by atoms with van der Waals surface area (Å²) in [6, 6.07) is 11.1. The number of aromatic nitrogens is 1. The van der Waals surface area contributed by atoms with Gasteiger partial charge in [0.15, 0.2) is 16.6 Å². The van der Waals surface area contributed by atoms with E-state index >= 15 is 0 Å². The molecule has 0 atom stereocenters. The van der Waals surface area contributed by atoms with Crippen LogP contribution in [0, 0.1) is 0 Å². The van der Waals surface area contributed by atoms with Gasteiger partial charge < -0.3 is 14.4 Å². The molecule has 1 N–H and O–H groups in total. The van der Waals surface area contributed by atoms with Crippen molar-refractivity contribution in [2.24, 2.45) is 0 Å². The van der Waals surface area contributed by atoms with Gasteiger partial charge in [0.05, 0.1) is 5.69 Å². The third-order valence-electron chi connectivity index (χ3n) is 5.01. The lowest BCUT2D eigenvalue weighted by Gasteiger charge is -2.14. The molecule has 0 unspecified atom stereocenters. The minimum atomic E-state index is -0.222. The number of fused-ring (bicyclic) bond motifs is 2. The predicted molar refractivity (Wildman–Crippen MR) is 110 cm³/mol. The summed E-state index contributed by atoms with van der Waals surface area (Å²) in [7, 11) is 0. The Labute approximate surface area is 170 Å². The fourth-order valence-corrected chi connectivity index (χ4v) is 4.27. The van der Waals surface area contributed by atoms with Crippen LogP contribution < -0.4 is 19.7 Å². The Morgan fingerprint density at radius 3 is 2.86 bits per heavy atom. The number of nitrogens with one attached hydrogen (secondary N) is 1. The van der Waals surface area contributed by atoms with Crippen molar-refractivity contribution in [1.82, 2.24) is 4.98 Å². The second-order valence-electron chi connectivity index (χ2n) is 6.82. The van der Waals surface area contributed by atoms with E-state index in [9.17, 15) is 9.59 Å². The molecule has 146 valence electrons. The molecule has 3 heterocycles. The van der Waals surface area contributed by atoms with E-state index in [2.05, 4.69) is 10.3 Å². The van der Waals surface area contributed by atoms with Gasteiger partial charge in [-0.1, -0.05) is 0 Å². The summed E-state index contributed by atoms with van der Waals surface area (Å²) in [5.74, 6) is 1.21. The lowest BCUT2D eigenvalue weighted by molar-refractivity contribution is -0.116. The van der Waals surface area contributed by atoms with Gasteiger partial charge in [0.1, 0.15) is 0 Å². The molecule has 2 amide bonds. The Morgan fingerprint density at radius 2 is 2.00 bits per heavy atom. The zero-order valence-corrected chi connectivity index (χ0v) is 16.4. The zero-order valence-electron chi connectivity index (χ0n) is 15.6. The van der Waals surface area contributed by atoms with Gasteiger partial charge in [-0.05, 0) is 48.4 Å². The lowest BCUT2D eigenvalue weighted by Crippen LogP contribution is -2.25. The number of thiazole rings is 1. The van der Waals surface area contributed by atoms with Crippen molar-refractivity contribution in [3.63, 3.8) is 0 Å². The number of hydrogen-bond donors (Lipinski definition) is 1. The Hall–Kier alpha value is -3.39. The smallest absolute Gasteiger partial charge is 0.257 e. The quantitative estimate of drug-likeness (QED) is 0.716. The number of rotatable bonds is 3. The SMILES string of the molecule is CC(=O)N1CCc2cc(C(=O)Nc3nc(-c4ccc5c(c4)OCO5)cs3)ccc21. The first kappa shape index (κ1) is 17.7. The molecule has 0 aliphatic carbocycles. The van der Waals surface area contributed by atoms with Crippen LogP contribution in [0.4, 0.5) is 10.8 Å². The highest BCUT2D eigenvalue weighted by Gasteiger charge is 2.23. The van der Waals surface area contributed by atoms with Crippen LogP contribution in [0.5, 0.6) is 11.5 Å². The number of carbonyl (C=O) groups is 2. The average molecular weight is 407 g/mol. The van der Waals surface area contributed by atoms with E-state index in [0.717, 1.165) is 34.7 Å². The molecular weight excluding hydrogens is 390 g/mol. The van der Waals surface area contributed by atoms with Crippen LogP contribution in [-0.2, 0) is 11.2 Å². The fourth-order valence-electron chi connectivity index (χ4n) is 3.56. The van der Waals surface area contributed by atoms with E-state index in [1.807, 2.05) is 35.7 Å². The van der Waals surface area contributed by atoms with Crippen molar-refractivity contribution in [2.45, 2.75) is 13.3 Å². The second-order valence-corrected chi connectivity index (χ2v) is 7.68. The number of amides is 2. The van der Waals surface area contributed by atoms with E-state index in [4.69, 9.17) is 9.47 Å². The minimum absolute atomic E-state index is 0.0137. The molecule has 0 saturated carbocycles. The van der Waals surface area contributed by atoms with E-state index in [-0.39, 0.29) is 18.6 Å². The standard InChI is InChI=1S/C21H17N3O4S/c1-12(25)24-7-6-14-8-15(2-4-17(14)24)20(26)23-21-22-16(10-29-21)13-3-5-18-19(9-13)28-11-27-18/h2-5,8-10H,6-7,11H2,1H3,(H,22,23,26). The largest absolute Gasteiger partial charge is 0.454 e.